The van der Waals surface area contributed by atoms with E-state index in [0.29, 0.717) is 6.04 Å². The molecular weight excluding hydrogens is 212 g/mol. The topological polar surface area (TPSA) is 36.3 Å². The maximum absolute atomic E-state index is 9.36. The molecule has 0 N–H and O–H groups in total. The van der Waals surface area contributed by atoms with Crippen LogP contribution in [0.4, 0.5) is 0 Å². The molecule has 0 radical (unpaired) electrons. The minimum Gasteiger partial charge on any atom is -0.383 e. The Hall–Kier alpha value is -0.590. The van der Waals surface area contributed by atoms with Crippen LogP contribution >= 0.6 is 0 Å². The molecule has 3 heteroatoms. The Morgan fingerprint density at radius 2 is 1.94 bits per heavy atom. The first-order chi connectivity index (χ1) is 8.36. The smallest absolute Gasteiger partial charge is 0.0672 e. The van der Waals surface area contributed by atoms with Gasteiger partial charge >= 0.3 is 0 Å². The maximum Gasteiger partial charge on any atom is 0.0672 e. The molecule has 96 valence electrons. The first-order valence-corrected chi connectivity index (χ1v) is 7.01. The second kappa shape index (κ2) is 6.37. The average Bonchev–Trinajstić information content (AvgIpc) is 3.16. The Morgan fingerprint density at radius 1 is 1.18 bits per heavy atom. The normalized spacial score (nSPS) is 29.9. The fourth-order valence-corrected chi connectivity index (χ4v) is 3.06. The van der Waals surface area contributed by atoms with Gasteiger partial charge in [-0.05, 0) is 25.7 Å². The molecule has 2 fully saturated rings. The van der Waals surface area contributed by atoms with Crippen molar-refractivity contribution in [1.82, 2.24) is 4.90 Å². The van der Waals surface area contributed by atoms with E-state index in [2.05, 4.69) is 11.0 Å². The molecule has 2 aliphatic rings. The van der Waals surface area contributed by atoms with Gasteiger partial charge in [-0.1, -0.05) is 19.3 Å². The van der Waals surface area contributed by atoms with Gasteiger partial charge in [-0.15, -0.1) is 0 Å². The van der Waals surface area contributed by atoms with Gasteiger partial charge in [0.05, 0.1) is 18.6 Å². The third-order valence-electron chi connectivity index (χ3n) is 4.14. The Labute approximate surface area is 105 Å². The highest BCUT2D eigenvalue weighted by atomic mass is 16.5. The summed E-state index contributed by atoms with van der Waals surface area (Å²) in [4.78, 5) is 2.57. The standard InChI is InChI=1S/C14H24N2O/c1-17-10-9-16(13-7-8-13)14-6-4-2-3-5-12(14)11-15/h12-14H,2-10H2,1H3. The highest BCUT2D eigenvalue weighted by Gasteiger charge is 2.37. The lowest BCUT2D eigenvalue weighted by molar-refractivity contribution is 0.0936. The van der Waals surface area contributed by atoms with Gasteiger partial charge in [-0.2, -0.15) is 5.26 Å². The van der Waals surface area contributed by atoms with E-state index in [4.69, 9.17) is 4.74 Å². The Kier molecular flexibility index (Phi) is 4.82. The average molecular weight is 236 g/mol. The zero-order valence-electron chi connectivity index (χ0n) is 10.9. The van der Waals surface area contributed by atoms with E-state index in [-0.39, 0.29) is 5.92 Å². The highest BCUT2D eigenvalue weighted by Crippen LogP contribution is 2.35. The molecule has 0 aliphatic heterocycles. The van der Waals surface area contributed by atoms with Crippen molar-refractivity contribution in [3.63, 3.8) is 0 Å². The summed E-state index contributed by atoms with van der Waals surface area (Å²) in [5.41, 5.74) is 0. The van der Waals surface area contributed by atoms with Crippen molar-refractivity contribution >= 4 is 0 Å². The second-order valence-electron chi connectivity index (χ2n) is 5.40. The van der Waals surface area contributed by atoms with Crippen LogP contribution in [0.1, 0.15) is 44.9 Å². The number of rotatable bonds is 5. The third-order valence-corrected chi connectivity index (χ3v) is 4.14. The molecule has 0 bridgehead atoms. The summed E-state index contributed by atoms with van der Waals surface area (Å²) in [6.45, 7) is 1.80. The van der Waals surface area contributed by atoms with Crippen LogP contribution < -0.4 is 0 Å². The zero-order chi connectivity index (χ0) is 12.1. The maximum atomic E-state index is 9.36. The summed E-state index contributed by atoms with van der Waals surface area (Å²) < 4.78 is 5.22. The minimum absolute atomic E-state index is 0.245. The molecule has 0 aromatic carbocycles. The summed E-state index contributed by atoms with van der Waals surface area (Å²) in [6.07, 6.45) is 8.76. The fraction of sp³-hybridized carbons (Fsp3) is 0.929. The molecule has 0 saturated heterocycles. The van der Waals surface area contributed by atoms with E-state index < -0.39 is 0 Å². The van der Waals surface area contributed by atoms with Gasteiger partial charge in [0, 0.05) is 25.7 Å². The van der Waals surface area contributed by atoms with Crippen LogP contribution in [0.25, 0.3) is 0 Å². The molecular formula is C14H24N2O. The molecule has 3 nitrogen and oxygen atoms in total. The lowest BCUT2D eigenvalue weighted by Gasteiger charge is -2.33. The minimum atomic E-state index is 0.245. The lowest BCUT2D eigenvalue weighted by Crippen LogP contribution is -2.43. The van der Waals surface area contributed by atoms with Crippen molar-refractivity contribution in [1.29, 1.82) is 5.26 Å². The van der Waals surface area contributed by atoms with Crippen molar-refractivity contribution in [2.24, 2.45) is 5.92 Å². The Bertz CT molecular complexity index is 270. The van der Waals surface area contributed by atoms with Gasteiger partial charge < -0.3 is 4.74 Å². The van der Waals surface area contributed by atoms with E-state index in [1.165, 1.54) is 38.5 Å². The number of methoxy groups -OCH3 is 1. The van der Waals surface area contributed by atoms with Gasteiger partial charge in [0.15, 0.2) is 0 Å². The summed E-state index contributed by atoms with van der Waals surface area (Å²) in [6, 6.07) is 3.78. The second-order valence-corrected chi connectivity index (χ2v) is 5.40. The van der Waals surface area contributed by atoms with Crippen LogP contribution in [0.15, 0.2) is 0 Å². The predicted molar refractivity (Wildman–Crippen MR) is 67.6 cm³/mol. The Morgan fingerprint density at radius 3 is 2.59 bits per heavy atom. The highest BCUT2D eigenvalue weighted by molar-refractivity contribution is 4.98. The number of nitriles is 1. The molecule has 0 spiro atoms. The summed E-state index contributed by atoms with van der Waals surface area (Å²) >= 11 is 0. The van der Waals surface area contributed by atoms with Crippen molar-refractivity contribution in [3.05, 3.63) is 0 Å². The molecule has 0 amide bonds. The predicted octanol–water partition coefficient (Wildman–Crippen LogP) is 2.57. The van der Waals surface area contributed by atoms with Gasteiger partial charge in [0.25, 0.3) is 0 Å². The van der Waals surface area contributed by atoms with E-state index in [0.717, 1.165) is 25.6 Å². The quantitative estimate of drug-likeness (QED) is 0.688. The first kappa shape index (κ1) is 12.9. The van der Waals surface area contributed by atoms with Crippen LogP contribution in [0, 0.1) is 17.2 Å². The van der Waals surface area contributed by atoms with E-state index in [1.54, 1.807) is 7.11 Å². The van der Waals surface area contributed by atoms with Crippen molar-refractivity contribution in [2.75, 3.05) is 20.3 Å². The molecule has 2 saturated carbocycles. The molecule has 2 unspecified atom stereocenters. The molecule has 2 atom stereocenters. The monoisotopic (exact) mass is 236 g/mol. The van der Waals surface area contributed by atoms with Crippen molar-refractivity contribution < 1.29 is 4.74 Å². The molecule has 0 aromatic heterocycles. The largest absolute Gasteiger partial charge is 0.383 e. The molecule has 2 aliphatic carbocycles. The van der Waals surface area contributed by atoms with E-state index in [1.807, 2.05) is 0 Å². The van der Waals surface area contributed by atoms with Gasteiger partial charge in [0.1, 0.15) is 0 Å². The number of hydrogen-bond acceptors (Lipinski definition) is 3. The lowest BCUT2D eigenvalue weighted by atomic mass is 9.94. The van der Waals surface area contributed by atoms with Gasteiger partial charge in [0.2, 0.25) is 0 Å². The third kappa shape index (κ3) is 3.43. The van der Waals surface area contributed by atoms with Crippen molar-refractivity contribution in [2.45, 2.75) is 57.0 Å². The Balaban J connectivity index is 2.00. The summed E-state index contributed by atoms with van der Waals surface area (Å²) in [5.74, 6) is 0.245. The summed E-state index contributed by atoms with van der Waals surface area (Å²) in [5, 5.41) is 9.36. The van der Waals surface area contributed by atoms with E-state index in [9.17, 15) is 5.26 Å². The summed E-state index contributed by atoms with van der Waals surface area (Å²) in [7, 11) is 1.76. The zero-order valence-corrected chi connectivity index (χ0v) is 10.9. The van der Waals surface area contributed by atoms with Crippen LogP contribution in [0.5, 0.6) is 0 Å². The number of hydrogen-bond donors (Lipinski definition) is 0. The molecule has 0 heterocycles. The first-order valence-electron chi connectivity index (χ1n) is 7.01. The molecule has 17 heavy (non-hydrogen) atoms. The van der Waals surface area contributed by atoms with Crippen LogP contribution in [0.2, 0.25) is 0 Å². The van der Waals surface area contributed by atoms with Gasteiger partial charge in [-0.3, -0.25) is 4.90 Å². The fourth-order valence-electron chi connectivity index (χ4n) is 3.06. The van der Waals surface area contributed by atoms with Crippen LogP contribution in [-0.2, 0) is 4.74 Å². The molecule has 0 aromatic rings. The number of ether oxygens (including phenoxy) is 1. The van der Waals surface area contributed by atoms with Crippen LogP contribution in [-0.4, -0.2) is 37.2 Å². The SMILES string of the molecule is COCCN(C1CC1)C1CCCCCC1C#N. The van der Waals surface area contributed by atoms with Crippen LogP contribution in [0.3, 0.4) is 0 Å². The van der Waals surface area contributed by atoms with Crippen molar-refractivity contribution in [3.8, 4) is 6.07 Å². The number of nitrogens with zero attached hydrogens (tertiary/aromatic N) is 2. The molecule has 2 rings (SSSR count). The van der Waals surface area contributed by atoms with E-state index >= 15 is 0 Å². The van der Waals surface area contributed by atoms with Gasteiger partial charge in [-0.25, -0.2) is 0 Å².